The Morgan fingerprint density at radius 3 is 3.00 bits per heavy atom. The van der Waals surface area contributed by atoms with Crippen LogP contribution in [-0.2, 0) is 11.2 Å². The molecule has 8 heteroatoms. The number of aromatic nitrogens is 1. The van der Waals surface area contributed by atoms with Crippen molar-refractivity contribution in [3.8, 4) is 5.75 Å². The lowest BCUT2D eigenvalue weighted by atomic mass is 10.1. The predicted octanol–water partition coefficient (Wildman–Crippen LogP) is 2.59. The van der Waals surface area contributed by atoms with Gasteiger partial charge in [0.1, 0.15) is 11.4 Å². The third kappa shape index (κ3) is 3.31. The zero-order valence-electron chi connectivity index (χ0n) is 15.2. The molecule has 4 rings (SSSR count). The van der Waals surface area contributed by atoms with E-state index in [-0.39, 0.29) is 18.2 Å². The molecule has 2 atom stereocenters. The molecule has 0 aliphatic carbocycles. The highest BCUT2D eigenvalue weighted by Crippen LogP contribution is 2.36. The molecule has 2 aromatic rings. The van der Waals surface area contributed by atoms with Crippen LogP contribution in [0.5, 0.6) is 5.75 Å². The minimum absolute atomic E-state index is 0.0487. The summed E-state index contributed by atoms with van der Waals surface area (Å²) in [7, 11) is 0. The van der Waals surface area contributed by atoms with Gasteiger partial charge in [-0.1, -0.05) is 11.3 Å². The van der Waals surface area contributed by atoms with Crippen LogP contribution in [0.4, 0.5) is 9.93 Å². The van der Waals surface area contributed by atoms with E-state index in [1.165, 1.54) is 5.56 Å². The summed E-state index contributed by atoms with van der Waals surface area (Å²) in [6.45, 7) is 7.28. The summed E-state index contributed by atoms with van der Waals surface area (Å²) in [4.78, 5) is 18.7. The Hall–Kier alpha value is -2.06. The molecule has 1 saturated heterocycles. The summed E-state index contributed by atoms with van der Waals surface area (Å²) in [5.41, 5.74) is 7.92. The maximum atomic E-state index is 12.3. The molecule has 1 amide bonds. The number of carbonyl (C=O) groups is 1. The second-order valence-corrected chi connectivity index (χ2v) is 8.84. The molecule has 26 heavy (non-hydrogen) atoms. The number of anilines is 1. The van der Waals surface area contributed by atoms with Gasteiger partial charge in [-0.25, -0.2) is 9.78 Å². The van der Waals surface area contributed by atoms with Crippen LogP contribution >= 0.6 is 11.3 Å². The highest BCUT2D eigenvalue weighted by Gasteiger charge is 2.35. The Labute approximate surface area is 156 Å². The monoisotopic (exact) mass is 376 g/mol. The van der Waals surface area contributed by atoms with Gasteiger partial charge < -0.3 is 25.4 Å². The first-order valence-electron chi connectivity index (χ1n) is 8.85. The van der Waals surface area contributed by atoms with Gasteiger partial charge in [0, 0.05) is 31.1 Å². The highest BCUT2D eigenvalue weighted by molar-refractivity contribution is 7.22. The van der Waals surface area contributed by atoms with E-state index in [0.29, 0.717) is 19.7 Å². The molecule has 0 spiro atoms. The normalized spacial score (nSPS) is 22.4. The lowest BCUT2D eigenvalue weighted by Gasteiger charge is -2.24. The van der Waals surface area contributed by atoms with Crippen molar-refractivity contribution in [2.75, 3.05) is 25.0 Å². The zero-order valence-corrected chi connectivity index (χ0v) is 16.1. The molecule has 1 fully saturated rings. The number of nitrogens with one attached hydrogen (secondary N) is 1. The number of benzene rings is 1. The molecule has 2 aliphatic rings. The lowest BCUT2D eigenvalue weighted by molar-refractivity contribution is 0.0291. The van der Waals surface area contributed by atoms with Crippen molar-refractivity contribution >= 4 is 32.8 Å². The van der Waals surface area contributed by atoms with Crippen molar-refractivity contribution < 1.29 is 14.3 Å². The third-order valence-electron chi connectivity index (χ3n) is 4.56. The topological polar surface area (TPSA) is 89.7 Å². The Kier molecular flexibility index (Phi) is 4.19. The average Bonchev–Trinajstić information content (AvgIpc) is 3.23. The van der Waals surface area contributed by atoms with Gasteiger partial charge in [0.2, 0.25) is 0 Å². The first kappa shape index (κ1) is 17.4. The van der Waals surface area contributed by atoms with Gasteiger partial charge in [0.15, 0.2) is 5.13 Å². The Balaban J connectivity index is 1.47. The number of fused-ring (bicyclic) bond motifs is 3. The largest absolute Gasteiger partial charge is 0.493 e. The van der Waals surface area contributed by atoms with Crippen molar-refractivity contribution in [1.29, 1.82) is 0 Å². The van der Waals surface area contributed by atoms with Crippen LogP contribution in [0.3, 0.4) is 0 Å². The van der Waals surface area contributed by atoms with Crippen molar-refractivity contribution in [1.82, 2.24) is 9.88 Å². The number of thiazole rings is 1. The van der Waals surface area contributed by atoms with Gasteiger partial charge in [0.25, 0.3) is 0 Å². The van der Waals surface area contributed by atoms with E-state index in [9.17, 15) is 4.79 Å². The van der Waals surface area contributed by atoms with Crippen molar-refractivity contribution in [2.45, 2.75) is 44.9 Å². The number of likely N-dealkylation sites (tertiary alicyclic amines) is 1. The van der Waals surface area contributed by atoms with E-state index in [2.05, 4.69) is 5.32 Å². The first-order valence-corrected chi connectivity index (χ1v) is 9.67. The number of rotatable bonds is 2. The molecule has 0 unspecified atom stereocenters. The molecule has 0 saturated carbocycles. The summed E-state index contributed by atoms with van der Waals surface area (Å²) < 4.78 is 12.2. The van der Waals surface area contributed by atoms with Crippen LogP contribution in [-0.4, -0.2) is 53.4 Å². The summed E-state index contributed by atoms with van der Waals surface area (Å²) in [5.74, 6) is 0.933. The van der Waals surface area contributed by atoms with E-state index >= 15 is 0 Å². The molecule has 140 valence electrons. The zero-order chi connectivity index (χ0) is 18.5. The fourth-order valence-corrected chi connectivity index (χ4v) is 4.30. The quantitative estimate of drug-likeness (QED) is 0.837. The molecule has 0 bridgehead atoms. The van der Waals surface area contributed by atoms with Crippen LogP contribution in [0.2, 0.25) is 0 Å². The molecule has 2 aliphatic heterocycles. The van der Waals surface area contributed by atoms with E-state index in [1.807, 2.05) is 32.9 Å². The fourth-order valence-electron chi connectivity index (χ4n) is 3.35. The lowest BCUT2D eigenvalue weighted by Crippen LogP contribution is -2.38. The van der Waals surface area contributed by atoms with Crippen molar-refractivity contribution in [3.63, 3.8) is 0 Å². The van der Waals surface area contributed by atoms with E-state index in [0.717, 1.165) is 27.5 Å². The highest BCUT2D eigenvalue weighted by atomic mass is 32.1. The van der Waals surface area contributed by atoms with Crippen LogP contribution in [0.15, 0.2) is 12.1 Å². The Morgan fingerprint density at radius 2 is 2.23 bits per heavy atom. The molecule has 7 nitrogen and oxygen atoms in total. The van der Waals surface area contributed by atoms with E-state index in [1.54, 1.807) is 16.2 Å². The molecule has 1 aromatic carbocycles. The third-order valence-corrected chi connectivity index (χ3v) is 5.51. The number of nitrogens with zero attached hydrogens (tertiary/aromatic N) is 2. The Bertz CT molecular complexity index is 845. The first-order chi connectivity index (χ1) is 12.3. The van der Waals surface area contributed by atoms with Gasteiger partial charge in [-0.05, 0) is 32.9 Å². The number of amides is 1. The molecule has 1 aromatic heterocycles. The molecule has 3 N–H and O–H groups in total. The smallest absolute Gasteiger partial charge is 0.410 e. The standard InChI is InChI=1S/C18H24N4O3S/c1-18(2,3)25-17(23)22-8-11(19)12(9-22)20-16-21-15-10-6-7-24-13(10)4-5-14(15)26-16/h4-5,11-12H,6-9,19H2,1-3H3,(H,20,21)/t11-,12+/m0/s1. The fraction of sp³-hybridized carbons (Fsp3) is 0.556. The minimum atomic E-state index is -0.512. The Morgan fingerprint density at radius 1 is 1.42 bits per heavy atom. The summed E-state index contributed by atoms with van der Waals surface area (Å²) >= 11 is 1.60. The van der Waals surface area contributed by atoms with E-state index < -0.39 is 5.60 Å². The number of carbonyl (C=O) groups excluding carboxylic acids is 1. The number of hydrogen-bond donors (Lipinski definition) is 2. The summed E-state index contributed by atoms with van der Waals surface area (Å²) in [5, 5.41) is 4.24. The van der Waals surface area contributed by atoms with Crippen molar-refractivity contribution in [3.05, 3.63) is 17.7 Å². The van der Waals surface area contributed by atoms with Gasteiger partial charge in [-0.2, -0.15) is 0 Å². The van der Waals surface area contributed by atoms with Crippen LogP contribution in [0.1, 0.15) is 26.3 Å². The SMILES string of the molecule is CC(C)(C)OC(=O)N1C[C@H](N)[C@H](Nc2nc3c4c(ccc3s2)OCC4)C1. The van der Waals surface area contributed by atoms with Crippen LogP contribution in [0.25, 0.3) is 10.2 Å². The summed E-state index contributed by atoms with van der Waals surface area (Å²) in [6, 6.07) is 3.85. The van der Waals surface area contributed by atoms with Crippen LogP contribution < -0.4 is 15.8 Å². The summed E-state index contributed by atoms with van der Waals surface area (Å²) in [6.07, 6.45) is 0.571. The van der Waals surface area contributed by atoms with Gasteiger partial charge in [-0.3, -0.25) is 0 Å². The number of ether oxygens (including phenoxy) is 2. The molecule has 3 heterocycles. The molecular weight excluding hydrogens is 352 g/mol. The number of hydrogen-bond acceptors (Lipinski definition) is 7. The number of nitrogens with two attached hydrogens (primary N) is 1. The van der Waals surface area contributed by atoms with E-state index in [4.69, 9.17) is 20.2 Å². The predicted molar refractivity (Wildman–Crippen MR) is 102 cm³/mol. The second kappa shape index (κ2) is 6.28. The van der Waals surface area contributed by atoms with Gasteiger partial charge in [0.05, 0.1) is 22.9 Å². The average molecular weight is 376 g/mol. The maximum Gasteiger partial charge on any atom is 0.410 e. The molecule has 0 radical (unpaired) electrons. The molecular formula is C18H24N4O3S. The van der Waals surface area contributed by atoms with Crippen molar-refractivity contribution in [2.24, 2.45) is 5.73 Å². The van der Waals surface area contributed by atoms with Crippen LogP contribution in [0, 0.1) is 0 Å². The van der Waals surface area contributed by atoms with Gasteiger partial charge in [-0.15, -0.1) is 0 Å². The minimum Gasteiger partial charge on any atom is -0.493 e. The second-order valence-electron chi connectivity index (χ2n) is 7.81. The van der Waals surface area contributed by atoms with Gasteiger partial charge >= 0.3 is 6.09 Å². The maximum absolute atomic E-state index is 12.3.